The molecule has 2 saturated carbocycles. The van der Waals surface area contributed by atoms with Crippen LogP contribution in [0.4, 0.5) is 5.82 Å². The van der Waals surface area contributed by atoms with Gasteiger partial charge in [0, 0.05) is 17.2 Å². The lowest BCUT2D eigenvalue weighted by Crippen LogP contribution is -2.03. The first-order valence-electron chi connectivity index (χ1n) is 6.00. The number of H-pyrrole nitrogens is 1. The first-order chi connectivity index (χ1) is 7.16. The van der Waals surface area contributed by atoms with Gasteiger partial charge in [0.15, 0.2) is 0 Å². The quantitative estimate of drug-likeness (QED) is 0.779. The van der Waals surface area contributed by atoms with E-state index in [1.165, 1.54) is 30.5 Å². The highest BCUT2D eigenvalue weighted by Gasteiger charge is 2.47. The van der Waals surface area contributed by atoms with E-state index >= 15 is 0 Å². The average Bonchev–Trinajstić information content (AvgIpc) is 2.62. The Morgan fingerprint density at radius 3 is 2.53 bits per heavy atom. The Kier molecular flexibility index (Phi) is 1.85. The number of hydrogen-bond acceptors (Lipinski definition) is 2. The van der Waals surface area contributed by atoms with Crippen molar-refractivity contribution in [2.45, 2.75) is 44.9 Å². The van der Waals surface area contributed by atoms with Crippen LogP contribution in [0.5, 0.6) is 0 Å². The zero-order chi connectivity index (χ0) is 10.6. The number of nitrogens with one attached hydrogen (secondary N) is 1. The number of aromatic nitrogens is 2. The first kappa shape index (κ1) is 9.25. The van der Waals surface area contributed by atoms with Crippen LogP contribution in [0.15, 0.2) is 0 Å². The molecule has 0 amide bonds. The number of nitrogen functional groups attached to an aromatic ring is 1. The molecule has 0 bridgehead atoms. The molecule has 2 atom stereocenters. The van der Waals surface area contributed by atoms with Gasteiger partial charge in [-0.15, -0.1) is 0 Å². The minimum absolute atomic E-state index is 0.482. The van der Waals surface area contributed by atoms with Gasteiger partial charge in [-0.3, -0.25) is 5.10 Å². The molecule has 82 valence electrons. The summed E-state index contributed by atoms with van der Waals surface area (Å²) in [5.74, 6) is 3.92. The predicted molar refractivity (Wildman–Crippen MR) is 60.7 cm³/mol. The highest BCUT2D eigenvalue weighted by atomic mass is 15.2. The van der Waals surface area contributed by atoms with Gasteiger partial charge in [-0.25, -0.2) is 0 Å². The van der Waals surface area contributed by atoms with Gasteiger partial charge >= 0.3 is 0 Å². The Balaban J connectivity index is 1.90. The predicted octanol–water partition coefficient (Wildman–Crippen LogP) is 2.63. The van der Waals surface area contributed by atoms with Crippen molar-refractivity contribution in [1.82, 2.24) is 10.2 Å². The molecule has 15 heavy (non-hydrogen) atoms. The van der Waals surface area contributed by atoms with Crippen LogP contribution in [0.25, 0.3) is 0 Å². The fourth-order valence-electron chi connectivity index (χ4n) is 3.25. The smallest absolute Gasteiger partial charge is 0.148 e. The zero-order valence-electron chi connectivity index (χ0n) is 9.46. The van der Waals surface area contributed by atoms with Gasteiger partial charge in [-0.05, 0) is 37.0 Å². The van der Waals surface area contributed by atoms with Crippen LogP contribution in [0.1, 0.15) is 56.2 Å². The molecule has 0 radical (unpaired) electrons. The van der Waals surface area contributed by atoms with Gasteiger partial charge in [-0.2, -0.15) is 5.10 Å². The molecule has 0 saturated heterocycles. The Hall–Kier alpha value is -0.990. The Morgan fingerprint density at radius 2 is 1.93 bits per heavy atom. The summed E-state index contributed by atoms with van der Waals surface area (Å²) in [6.45, 7) is 4.39. The molecule has 0 spiro atoms. The topological polar surface area (TPSA) is 54.7 Å². The molecular formula is C12H19N3. The van der Waals surface area contributed by atoms with E-state index in [2.05, 4.69) is 24.0 Å². The van der Waals surface area contributed by atoms with Crippen molar-refractivity contribution in [1.29, 1.82) is 0 Å². The molecular weight excluding hydrogens is 186 g/mol. The molecule has 3 heteroatoms. The third-order valence-electron chi connectivity index (χ3n) is 4.09. The molecule has 1 aromatic rings. The van der Waals surface area contributed by atoms with Crippen LogP contribution in [0.2, 0.25) is 0 Å². The molecule has 1 aromatic heterocycles. The highest BCUT2D eigenvalue weighted by Crippen LogP contribution is 2.58. The van der Waals surface area contributed by atoms with Gasteiger partial charge in [-0.1, -0.05) is 13.8 Å². The van der Waals surface area contributed by atoms with E-state index in [4.69, 9.17) is 5.73 Å². The maximum atomic E-state index is 5.91. The van der Waals surface area contributed by atoms with Crippen molar-refractivity contribution >= 4 is 5.82 Å². The largest absolute Gasteiger partial charge is 0.382 e. The first-order valence-corrected chi connectivity index (χ1v) is 6.00. The number of aromatic amines is 1. The third kappa shape index (κ3) is 1.36. The van der Waals surface area contributed by atoms with E-state index in [1.807, 2.05) is 0 Å². The molecule has 2 aliphatic carbocycles. The normalized spacial score (nSPS) is 33.4. The summed E-state index contributed by atoms with van der Waals surface area (Å²) in [4.78, 5) is 0. The molecule has 1 heterocycles. The highest BCUT2D eigenvalue weighted by molar-refractivity contribution is 5.46. The van der Waals surface area contributed by atoms with E-state index < -0.39 is 0 Å². The van der Waals surface area contributed by atoms with Crippen LogP contribution in [0, 0.1) is 11.8 Å². The SMILES string of the molecule is CC(C)c1c(N)n[nH]c1C1CC2CC2C1. The Morgan fingerprint density at radius 1 is 1.27 bits per heavy atom. The summed E-state index contributed by atoms with van der Waals surface area (Å²) >= 11 is 0. The lowest BCUT2D eigenvalue weighted by atomic mass is 9.92. The number of anilines is 1. The van der Waals surface area contributed by atoms with Crippen molar-refractivity contribution < 1.29 is 0 Å². The van der Waals surface area contributed by atoms with Crippen LogP contribution in [-0.2, 0) is 0 Å². The summed E-state index contributed by atoms with van der Waals surface area (Å²) in [5, 5.41) is 7.34. The zero-order valence-corrected chi connectivity index (χ0v) is 9.46. The van der Waals surface area contributed by atoms with Crippen LogP contribution in [0.3, 0.4) is 0 Å². The number of hydrogen-bond donors (Lipinski definition) is 2. The molecule has 0 aromatic carbocycles. The molecule has 3 nitrogen and oxygen atoms in total. The average molecular weight is 205 g/mol. The third-order valence-corrected chi connectivity index (χ3v) is 4.09. The van der Waals surface area contributed by atoms with E-state index in [0.717, 1.165) is 11.8 Å². The van der Waals surface area contributed by atoms with Gasteiger partial charge in [0.05, 0.1) is 0 Å². The van der Waals surface area contributed by atoms with Crippen molar-refractivity contribution in [3.05, 3.63) is 11.3 Å². The van der Waals surface area contributed by atoms with Crippen molar-refractivity contribution in [3.8, 4) is 0 Å². The summed E-state index contributed by atoms with van der Waals surface area (Å²) in [6.07, 6.45) is 4.18. The fourth-order valence-corrected chi connectivity index (χ4v) is 3.25. The van der Waals surface area contributed by atoms with Crippen molar-refractivity contribution in [2.24, 2.45) is 11.8 Å². The van der Waals surface area contributed by atoms with Crippen molar-refractivity contribution in [3.63, 3.8) is 0 Å². The van der Waals surface area contributed by atoms with Crippen LogP contribution in [-0.4, -0.2) is 10.2 Å². The summed E-state index contributed by atoms with van der Waals surface area (Å²) in [5.41, 5.74) is 8.51. The maximum Gasteiger partial charge on any atom is 0.148 e. The number of fused-ring (bicyclic) bond motifs is 1. The number of nitrogens with two attached hydrogens (primary N) is 1. The molecule has 3 N–H and O–H groups in total. The number of rotatable bonds is 2. The lowest BCUT2D eigenvalue weighted by Gasteiger charge is -2.14. The van der Waals surface area contributed by atoms with Crippen LogP contribution >= 0.6 is 0 Å². The standard InChI is InChI=1S/C12H19N3/c1-6(2)10-11(14-15-12(10)13)9-4-7-3-8(7)5-9/h6-9H,3-5H2,1-2H3,(H3,13,14,15). The van der Waals surface area contributed by atoms with Crippen molar-refractivity contribution in [2.75, 3.05) is 5.73 Å². The van der Waals surface area contributed by atoms with E-state index in [-0.39, 0.29) is 0 Å². The minimum atomic E-state index is 0.482. The molecule has 0 aliphatic heterocycles. The van der Waals surface area contributed by atoms with Gasteiger partial charge in [0.25, 0.3) is 0 Å². The van der Waals surface area contributed by atoms with E-state index in [1.54, 1.807) is 0 Å². The number of nitrogens with zero attached hydrogens (tertiary/aromatic N) is 1. The van der Waals surface area contributed by atoms with Gasteiger partial charge in [0.2, 0.25) is 0 Å². The Bertz CT molecular complexity index is 370. The second-order valence-electron chi connectivity index (χ2n) is 5.52. The van der Waals surface area contributed by atoms with Crippen LogP contribution < -0.4 is 5.73 Å². The molecule has 2 unspecified atom stereocenters. The molecule has 2 aliphatic rings. The molecule has 3 rings (SSSR count). The summed E-state index contributed by atoms with van der Waals surface area (Å²) in [6, 6.07) is 0. The van der Waals surface area contributed by atoms with Gasteiger partial charge in [0.1, 0.15) is 5.82 Å². The second kappa shape index (κ2) is 3.00. The summed E-state index contributed by atoms with van der Waals surface area (Å²) < 4.78 is 0. The minimum Gasteiger partial charge on any atom is -0.382 e. The second-order valence-corrected chi connectivity index (χ2v) is 5.52. The molecule has 2 fully saturated rings. The maximum absolute atomic E-state index is 5.91. The lowest BCUT2D eigenvalue weighted by molar-refractivity contribution is 0.597. The van der Waals surface area contributed by atoms with Gasteiger partial charge < -0.3 is 5.73 Å². The van der Waals surface area contributed by atoms with E-state index in [9.17, 15) is 0 Å². The Labute approximate surface area is 90.4 Å². The fraction of sp³-hybridized carbons (Fsp3) is 0.750. The summed E-state index contributed by atoms with van der Waals surface area (Å²) in [7, 11) is 0. The monoisotopic (exact) mass is 205 g/mol. The van der Waals surface area contributed by atoms with E-state index in [0.29, 0.717) is 17.7 Å².